The minimum absolute atomic E-state index is 0.0257. The quantitative estimate of drug-likeness (QED) is 0.673. The van der Waals surface area contributed by atoms with Crippen LogP contribution in [0.4, 0.5) is 0 Å². The van der Waals surface area contributed by atoms with E-state index in [1.54, 1.807) is 13.3 Å². The molecule has 0 saturated carbocycles. The van der Waals surface area contributed by atoms with Gasteiger partial charge in [0.15, 0.2) is 5.17 Å². The Labute approximate surface area is 144 Å². The maximum atomic E-state index is 12.0. The fraction of sp³-hybridized carbons (Fsp3) is 0.167. The molecule has 1 aliphatic rings. The van der Waals surface area contributed by atoms with E-state index in [1.165, 1.54) is 11.8 Å². The fourth-order valence-corrected chi connectivity index (χ4v) is 3.22. The molecule has 0 aliphatic carbocycles. The van der Waals surface area contributed by atoms with Crippen LogP contribution in [0.5, 0.6) is 5.75 Å². The first-order chi connectivity index (χ1) is 11.7. The predicted octanol–water partition coefficient (Wildman–Crippen LogP) is 2.86. The molecule has 122 valence electrons. The Kier molecular flexibility index (Phi) is 5.28. The summed E-state index contributed by atoms with van der Waals surface area (Å²) < 4.78 is 5.10. The molecular formula is C18H17N3O2S. The summed E-state index contributed by atoms with van der Waals surface area (Å²) >= 11 is 1.41. The molecule has 1 atom stereocenters. The monoisotopic (exact) mass is 339 g/mol. The number of nitrogens with zero attached hydrogens (tertiary/aromatic N) is 2. The summed E-state index contributed by atoms with van der Waals surface area (Å²) in [7, 11) is 1.63. The average molecular weight is 339 g/mol. The van der Waals surface area contributed by atoms with E-state index in [0.717, 1.165) is 16.9 Å². The predicted molar refractivity (Wildman–Crippen MR) is 97.7 cm³/mol. The van der Waals surface area contributed by atoms with Gasteiger partial charge in [-0.1, -0.05) is 42.1 Å². The standard InChI is InChI=1S/C18H17N3O2S/c1-23-15-9-7-14(8-10-15)12-19-21-18-20-17(22)16(24-18)11-13-5-3-2-4-6-13/h2-10,12,16H,11H2,1H3,(H,20,21,22)/b19-12+. The maximum Gasteiger partial charge on any atom is 0.239 e. The largest absolute Gasteiger partial charge is 0.497 e. The van der Waals surface area contributed by atoms with Crippen LogP contribution in [0.2, 0.25) is 0 Å². The number of carbonyl (C=O) groups is 1. The van der Waals surface area contributed by atoms with Gasteiger partial charge in [-0.05, 0) is 41.8 Å². The van der Waals surface area contributed by atoms with Gasteiger partial charge in [0.1, 0.15) is 5.75 Å². The van der Waals surface area contributed by atoms with Gasteiger partial charge in [-0.15, -0.1) is 5.10 Å². The minimum atomic E-state index is -0.165. The molecule has 5 nitrogen and oxygen atoms in total. The number of hydrogen-bond acceptors (Lipinski definition) is 5. The zero-order valence-electron chi connectivity index (χ0n) is 13.2. The Bertz CT molecular complexity index is 758. The molecule has 1 saturated heterocycles. The number of amides is 1. The lowest BCUT2D eigenvalue weighted by Gasteiger charge is -2.04. The van der Waals surface area contributed by atoms with Crippen LogP contribution in [0.15, 0.2) is 64.8 Å². The van der Waals surface area contributed by atoms with Crippen molar-refractivity contribution in [3.8, 4) is 5.75 Å². The van der Waals surface area contributed by atoms with E-state index in [0.29, 0.717) is 11.6 Å². The lowest BCUT2D eigenvalue weighted by Crippen LogP contribution is -2.25. The summed E-state index contributed by atoms with van der Waals surface area (Å²) in [5.41, 5.74) is 2.04. The van der Waals surface area contributed by atoms with Gasteiger partial charge in [0, 0.05) is 0 Å². The average Bonchev–Trinajstić information content (AvgIpc) is 2.96. The third-order valence-electron chi connectivity index (χ3n) is 3.51. The van der Waals surface area contributed by atoms with Gasteiger partial charge in [-0.2, -0.15) is 5.10 Å². The van der Waals surface area contributed by atoms with Crippen LogP contribution < -0.4 is 10.1 Å². The first-order valence-corrected chi connectivity index (χ1v) is 8.39. The number of thioether (sulfide) groups is 1. The van der Waals surface area contributed by atoms with Crippen molar-refractivity contribution in [1.82, 2.24) is 5.32 Å². The van der Waals surface area contributed by atoms with Crippen molar-refractivity contribution in [2.75, 3.05) is 7.11 Å². The van der Waals surface area contributed by atoms with Crippen molar-refractivity contribution in [3.63, 3.8) is 0 Å². The molecule has 1 amide bonds. The van der Waals surface area contributed by atoms with Gasteiger partial charge >= 0.3 is 0 Å². The number of carbonyl (C=O) groups excluding carboxylic acids is 1. The van der Waals surface area contributed by atoms with Crippen LogP contribution >= 0.6 is 11.8 Å². The molecule has 1 unspecified atom stereocenters. The van der Waals surface area contributed by atoms with E-state index in [2.05, 4.69) is 15.5 Å². The van der Waals surface area contributed by atoms with Gasteiger partial charge in [0.25, 0.3) is 0 Å². The van der Waals surface area contributed by atoms with Crippen molar-refractivity contribution in [2.24, 2.45) is 10.2 Å². The van der Waals surface area contributed by atoms with Crippen molar-refractivity contribution in [2.45, 2.75) is 11.7 Å². The topological polar surface area (TPSA) is 63.1 Å². The second kappa shape index (κ2) is 7.79. The molecule has 0 spiro atoms. The number of benzene rings is 2. The normalized spacial score (nSPS) is 19.0. The summed E-state index contributed by atoms with van der Waals surface area (Å²) in [5, 5.41) is 11.3. The fourth-order valence-electron chi connectivity index (χ4n) is 2.25. The number of hydrogen-bond donors (Lipinski definition) is 1. The van der Waals surface area contributed by atoms with Crippen LogP contribution in [0.1, 0.15) is 11.1 Å². The van der Waals surface area contributed by atoms with Gasteiger partial charge in [-0.25, -0.2) is 0 Å². The zero-order valence-corrected chi connectivity index (χ0v) is 14.0. The number of nitrogens with one attached hydrogen (secondary N) is 1. The van der Waals surface area contributed by atoms with Crippen LogP contribution in [0, 0.1) is 0 Å². The zero-order chi connectivity index (χ0) is 16.8. The van der Waals surface area contributed by atoms with Crippen molar-refractivity contribution >= 4 is 29.1 Å². The van der Waals surface area contributed by atoms with Gasteiger partial charge in [-0.3, -0.25) is 4.79 Å². The van der Waals surface area contributed by atoms with Crippen molar-refractivity contribution < 1.29 is 9.53 Å². The third-order valence-corrected chi connectivity index (χ3v) is 4.58. The molecule has 0 bridgehead atoms. The Morgan fingerprint density at radius 2 is 1.92 bits per heavy atom. The number of ether oxygens (including phenoxy) is 1. The smallest absolute Gasteiger partial charge is 0.239 e. The Morgan fingerprint density at radius 3 is 2.62 bits per heavy atom. The molecule has 1 N–H and O–H groups in total. The summed E-state index contributed by atoms with van der Waals surface area (Å²) in [5.74, 6) is 0.767. The summed E-state index contributed by atoms with van der Waals surface area (Å²) in [6.07, 6.45) is 2.32. The molecule has 1 heterocycles. The summed E-state index contributed by atoms with van der Waals surface area (Å²) in [6.45, 7) is 0. The van der Waals surface area contributed by atoms with E-state index in [1.807, 2.05) is 54.6 Å². The third kappa shape index (κ3) is 4.23. The molecule has 1 fully saturated rings. The first kappa shape index (κ1) is 16.3. The van der Waals surface area contributed by atoms with E-state index in [4.69, 9.17) is 4.74 Å². The van der Waals surface area contributed by atoms with Gasteiger partial charge in [0.05, 0.1) is 18.6 Å². The van der Waals surface area contributed by atoms with Crippen LogP contribution in [0.3, 0.4) is 0 Å². The molecular weight excluding hydrogens is 322 g/mol. The van der Waals surface area contributed by atoms with Crippen molar-refractivity contribution in [3.05, 3.63) is 65.7 Å². The van der Waals surface area contributed by atoms with E-state index in [9.17, 15) is 4.79 Å². The molecule has 2 aromatic rings. The highest BCUT2D eigenvalue weighted by atomic mass is 32.2. The summed E-state index contributed by atoms with van der Waals surface area (Å²) in [6, 6.07) is 17.4. The molecule has 24 heavy (non-hydrogen) atoms. The molecule has 1 aliphatic heterocycles. The molecule has 0 radical (unpaired) electrons. The highest BCUT2D eigenvalue weighted by Crippen LogP contribution is 2.23. The Balaban J connectivity index is 1.60. The van der Waals surface area contributed by atoms with Crippen LogP contribution in [-0.2, 0) is 11.2 Å². The SMILES string of the molecule is COc1ccc(/C=N/N=C2\NC(=O)C(Cc3ccccc3)S2)cc1. The van der Waals surface area contributed by atoms with Crippen molar-refractivity contribution in [1.29, 1.82) is 0 Å². The molecule has 3 rings (SSSR count). The highest BCUT2D eigenvalue weighted by Gasteiger charge is 2.30. The lowest BCUT2D eigenvalue weighted by atomic mass is 10.1. The molecule has 6 heteroatoms. The number of rotatable bonds is 5. The van der Waals surface area contributed by atoms with E-state index >= 15 is 0 Å². The molecule has 0 aromatic heterocycles. The second-order valence-electron chi connectivity index (χ2n) is 5.21. The number of amidine groups is 1. The first-order valence-electron chi connectivity index (χ1n) is 7.51. The van der Waals surface area contributed by atoms with Gasteiger partial charge < -0.3 is 10.1 Å². The molecule has 2 aromatic carbocycles. The second-order valence-corrected chi connectivity index (χ2v) is 6.40. The van der Waals surface area contributed by atoms with E-state index in [-0.39, 0.29) is 11.2 Å². The van der Waals surface area contributed by atoms with Crippen LogP contribution in [0.25, 0.3) is 0 Å². The minimum Gasteiger partial charge on any atom is -0.497 e. The van der Waals surface area contributed by atoms with E-state index < -0.39 is 0 Å². The number of methoxy groups -OCH3 is 1. The summed E-state index contributed by atoms with van der Waals surface area (Å²) in [4.78, 5) is 12.0. The maximum absolute atomic E-state index is 12.0. The Morgan fingerprint density at radius 1 is 1.17 bits per heavy atom. The Hall–Kier alpha value is -2.60. The highest BCUT2D eigenvalue weighted by molar-refractivity contribution is 8.15. The van der Waals surface area contributed by atoms with Crippen LogP contribution in [-0.4, -0.2) is 29.6 Å². The lowest BCUT2D eigenvalue weighted by molar-refractivity contribution is -0.118. The van der Waals surface area contributed by atoms with Gasteiger partial charge in [0.2, 0.25) is 5.91 Å².